The molecule has 1 aromatic carbocycles. The molecule has 17 heavy (non-hydrogen) atoms. The third kappa shape index (κ3) is 1.99. The lowest BCUT2D eigenvalue weighted by molar-refractivity contribution is -0.120. The molecule has 2 aliphatic rings. The standard InChI is InChI=1S/C14H14ClFO/c15-11-6-8(4-5-12(11)16)7-13(17)14-9-2-1-3-10(9)14/h4-6,9-10,14H,1-3,7H2. The van der Waals surface area contributed by atoms with Gasteiger partial charge in [-0.1, -0.05) is 24.1 Å². The first kappa shape index (κ1) is 11.2. The Hall–Kier alpha value is -0.890. The third-order valence-corrected chi connectivity index (χ3v) is 4.43. The van der Waals surface area contributed by atoms with E-state index < -0.39 is 5.82 Å². The average molecular weight is 253 g/mol. The summed E-state index contributed by atoms with van der Waals surface area (Å²) in [6.07, 6.45) is 4.11. The van der Waals surface area contributed by atoms with Gasteiger partial charge in [0, 0.05) is 12.3 Å². The molecule has 0 aromatic heterocycles. The van der Waals surface area contributed by atoms with Crippen molar-refractivity contribution in [3.8, 4) is 0 Å². The van der Waals surface area contributed by atoms with Gasteiger partial charge < -0.3 is 0 Å². The highest BCUT2D eigenvalue weighted by Crippen LogP contribution is 2.58. The summed E-state index contributed by atoms with van der Waals surface area (Å²) in [6.45, 7) is 0. The molecule has 2 aliphatic carbocycles. The quantitative estimate of drug-likeness (QED) is 0.803. The number of benzene rings is 1. The van der Waals surface area contributed by atoms with Crippen LogP contribution in [-0.4, -0.2) is 5.78 Å². The fourth-order valence-corrected chi connectivity index (χ4v) is 3.47. The van der Waals surface area contributed by atoms with Gasteiger partial charge in [0.25, 0.3) is 0 Å². The molecule has 0 radical (unpaired) electrons. The molecule has 3 heteroatoms. The third-order valence-electron chi connectivity index (χ3n) is 4.14. The molecule has 1 aromatic rings. The highest BCUT2D eigenvalue weighted by Gasteiger charge is 2.55. The van der Waals surface area contributed by atoms with Crippen molar-refractivity contribution in [3.63, 3.8) is 0 Å². The molecule has 2 atom stereocenters. The number of ketones is 1. The van der Waals surface area contributed by atoms with Crippen LogP contribution in [0.2, 0.25) is 5.02 Å². The second-order valence-corrected chi connectivity index (χ2v) is 5.58. The van der Waals surface area contributed by atoms with Gasteiger partial charge in [-0.25, -0.2) is 4.39 Å². The van der Waals surface area contributed by atoms with Crippen LogP contribution in [0, 0.1) is 23.6 Å². The lowest BCUT2D eigenvalue weighted by Crippen LogP contribution is -2.09. The summed E-state index contributed by atoms with van der Waals surface area (Å²) in [5, 5.41) is 0.103. The molecule has 2 unspecified atom stereocenters. The Bertz CT molecular complexity index is 461. The van der Waals surface area contributed by atoms with Crippen molar-refractivity contribution in [2.24, 2.45) is 17.8 Å². The molecule has 1 nitrogen and oxygen atoms in total. The summed E-state index contributed by atoms with van der Waals surface area (Å²) in [5.41, 5.74) is 0.825. The van der Waals surface area contributed by atoms with E-state index in [4.69, 9.17) is 11.6 Å². The fraction of sp³-hybridized carbons (Fsp3) is 0.500. The van der Waals surface area contributed by atoms with Crippen molar-refractivity contribution < 1.29 is 9.18 Å². The molecule has 0 spiro atoms. The van der Waals surface area contributed by atoms with Crippen LogP contribution in [0.1, 0.15) is 24.8 Å². The molecule has 90 valence electrons. The maximum atomic E-state index is 13.0. The first-order chi connectivity index (χ1) is 8.16. The Labute approximate surface area is 105 Å². The molecular weight excluding hydrogens is 239 g/mol. The molecular formula is C14H14ClFO. The van der Waals surface area contributed by atoms with Crippen molar-refractivity contribution in [1.29, 1.82) is 0 Å². The predicted molar refractivity (Wildman–Crippen MR) is 64.4 cm³/mol. The van der Waals surface area contributed by atoms with E-state index in [-0.39, 0.29) is 10.9 Å². The molecule has 3 rings (SSSR count). The lowest BCUT2D eigenvalue weighted by atomic mass is 10.0. The zero-order valence-corrected chi connectivity index (χ0v) is 10.2. The normalized spacial score (nSPS) is 30.1. The van der Waals surface area contributed by atoms with E-state index in [1.165, 1.54) is 25.3 Å². The van der Waals surface area contributed by atoms with Crippen molar-refractivity contribution in [1.82, 2.24) is 0 Å². The zero-order chi connectivity index (χ0) is 12.0. The van der Waals surface area contributed by atoms with E-state index in [2.05, 4.69) is 0 Å². The first-order valence-electron chi connectivity index (χ1n) is 6.13. The number of carbonyl (C=O) groups is 1. The van der Waals surface area contributed by atoms with Crippen LogP contribution in [0.15, 0.2) is 18.2 Å². The van der Waals surface area contributed by atoms with Gasteiger partial charge in [-0.15, -0.1) is 0 Å². The Balaban J connectivity index is 1.67. The number of halogens is 2. The highest BCUT2D eigenvalue weighted by atomic mass is 35.5. The zero-order valence-electron chi connectivity index (χ0n) is 9.46. The van der Waals surface area contributed by atoms with E-state index in [1.54, 1.807) is 12.1 Å². The summed E-state index contributed by atoms with van der Waals surface area (Å²) in [4.78, 5) is 12.0. The summed E-state index contributed by atoms with van der Waals surface area (Å²) in [6, 6.07) is 4.54. The van der Waals surface area contributed by atoms with E-state index >= 15 is 0 Å². The van der Waals surface area contributed by atoms with E-state index in [1.807, 2.05) is 0 Å². The second kappa shape index (κ2) is 4.09. The minimum Gasteiger partial charge on any atom is -0.299 e. The predicted octanol–water partition coefficient (Wildman–Crippen LogP) is 3.64. The Morgan fingerprint density at radius 3 is 2.71 bits per heavy atom. The van der Waals surface area contributed by atoms with Crippen molar-refractivity contribution in [3.05, 3.63) is 34.6 Å². The maximum Gasteiger partial charge on any atom is 0.141 e. The van der Waals surface area contributed by atoms with E-state index in [0.29, 0.717) is 24.0 Å². The number of Topliss-reactive ketones (excluding diaryl/α,β-unsaturated/α-hetero) is 1. The average Bonchev–Trinajstić information content (AvgIpc) is 2.78. The minimum absolute atomic E-state index is 0.103. The highest BCUT2D eigenvalue weighted by molar-refractivity contribution is 6.30. The maximum absolute atomic E-state index is 13.0. The molecule has 0 aliphatic heterocycles. The van der Waals surface area contributed by atoms with Gasteiger partial charge in [0.15, 0.2) is 0 Å². The molecule has 0 bridgehead atoms. The SMILES string of the molecule is O=C(Cc1ccc(F)c(Cl)c1)C1C2CCCC21. The fourth-order valence-electron chi connectivity index (χ4n) is 3.27. The smallest absolute Gasteiger partial charge is 0.141 e. The van der Waals surface area contributed by atoms with Crippen LogP contribution < -0.4 is 0 Å². The van der Waals surface area contributed by atoms with Crippen molar-refractivity contribution in [2.75, 3.05) is 0 Å². The number of fused-ring (bicyclic) bond motifs is 1. The molecule has 0 N–H and O–H groups in total. The Morgan fingerprint density at radius 2 is 2.06 bits per heavy atom. The Kier molecular flexibility index (Phi) is 2.70. The summed E-state index contributed by atoms with van der Waals surface area (Å²) in [5.74, 6) is 1.47. The largest absolute Gasteiger partial charge is 0.299 e. The minimum atomic E-state index is -0.425. The second-order valence-electron chi connectivity index (χ2n) is 5.18. The monoisotopic (exact) mass is 252 g/mol. The van der Waals surface area contributed by atoms with Gasteiger partial charge in [-0.3, -0.25) is 4.79 Å². The molecule has 2 saturated carbocycles. The van der Waals surface area contributed by atoms with Crippen LogP contribution in [-0.2, 0) is 11.2 Å². The first-order valence-corrected chi connectivity index (χ1v) is 6.51. The summed E-state index contributed by atoms with van der Waals surface area (Å²) < 4.78 is 13.0. The van der Waals surface area contributed by atoms with Crippen LogP contribution >= 0.6 is 11.6 Å². The number of carbonyl (C=O) groups excluding carboxylic acids is 1. The topological polar surface area (TPSA) is 17.1 Å². The van der Waals surface area contributed by atoms with Crippen LogP contribution in [0.25, 0.3) is 0 Å². The van der Waals surface area contributed by atoms with Gasteiger partial charge in [0.2, 0.25) is 0 Å². The van der Waals surface area contributed by atoms with Crippen LogP contribution in [0.3, 0.4) is 0 Å². The lowest BCUT2D eigenvalue weighted by Gasteiger charge is -2.04. The molecule has 0 saturated heterocycles. The molecule has 0 amide bonds. The molecule has 0 heterocycles. The van der Waals surface area contributed by atoms with Gasteiger partial charge >= 0.3 is 0 Å². The van der Waals surface area contributed by atoms with E-state index in [9.17, 15) is 9.18 Å². The van der Waals surface area contributed by atoms with E-state index in [0.717, 1.165) is 5.56 Å². The summed E-state index contributed by atoms with van der Waals surface area (Å²) in [7, 11) is 0. The van der Waals surface area contributed by atoms with Crippen molar-refractivity contribution >= 4 is 17.4 Å². The van der Waals surface area contributed by atoms with Crippen molar-refractivity contribution in [2.45, 2.75) is 25.7 Å². The molecule has 2 fully saturated rings. The number of hydrogen-bond acceptors (Lipinski definition) is 1. The van der Waals surface area contributed by atoms with Gasteiger partial charge in [0.05, 0.1) is 5.02 Å². The van der Waals surface area contributed by atoms with Crippen LogP contribution in [0.4, 0.5) is 4.39 Å². The Morgan fingerprint density at radius 1 is 1.35 bits per heavy atom. The summed E-state index contributed by atoms with van der Waals surface area (Å²) >= 11 is 5.70. The number of hydrogen-bond donors (Lipinski definition) is 0. The number of rotatable bonds is 3. The van der Waals surface area contributed by atoms with Gasteiger partial charge in [0.1, 0.15) is 11.6 Å². The van der Waals surface area contributed by atoms with Crippen LogP contribution in [0.5, 0.6) is 0 Å². The van der Waals surface area contributed by atoms with Gasteiger partial charge in [-0.2, -0.15) is 0 Å². The van der Waals surface area contributed by atoms with Gasteiger partial charge in [-0.05, 0) is 42.4 Å².